The lowest BCUT2D eigenvalue weighted by molar-refractivity contribution is -0.142. The van der Waals surface area contributed by atoms with Crippen LogP contribution < -0.4 is 5.32 Å². The van der Waals surface area contributed by atoms with E-state index >= 15 is 0 Å². The second-order valence-corrected chi connectivity index (χ2v) is 6.72. The topological polar surface area (TPSA) is 86.1 Å². The van der Waals surface area contributed by atoms with Crippen molar-refractivity contribution >= 4 is 29.3 Å². The molecule has 0 aliphatic carbocycles. The minimum atomic E-state index is -1.66. The number of benzene rings is 1. The summed E-state index contributed by atoms with van der Waals surface area (Å²) in [6.45, 7) is 3.46. The average molecular weight is 402 g/mol. The Kier molecular flexibility index (Phi) is 6.83. The number of hydrogen-bond donors (Lipinski definition) is 1. The summed E-state index contributed by atoms with van der Waals surface area (Å²) < 4.78 is 46.2. The zero-order valence-corrected chi connectivity index (χ0v) is 15.6. The Bertz CT molecular complexity index is 860. The molecule has 0 aliphatic heterocycles. The fraction of sp³-hybridized carbons (Fsp3) is 0.375. The summed E-state index contributed by atoms with van der Waals surface area (Å²) in [6, 6.07) is 1.65. The predicted molar refractivity (Wildman–Crippen MR) is 91.6 cm³/mol. The third kappa shape index (κ3) is 5.00. The van der Waals surface area contributed by atoms with E-state index in [-0.39, 0.29) is 13.0 Å². The fourth-order valence-corrected chi connectivity index (χ4v) is 2.84. The van der Waals surface area contributed by atoms with Crippen molar-refractivity contribution in [2.75, 3.05) is 11.9 Å². The number of nitrogens with one attached hydrogen (secondary N) is 1. The summed E-state index contributed by atoms with van der Waals surface area (Å²) in [4.78, 5) is 23.7. The summed E-state index contributed by atoms with van der Waals surface area (Å²) in [7, 11) is 1.62. The van der Waals surface area contributed by atoms with Crippen molar-refractivity contribution in [3.05, 3.63) is 35.4 Å². The lowest BCUT2D eigenvalue weighted by Gasteiger charge is -2.12. The van der Waals surface area contributed by atoms with Crippen molar-refractivity contribution in [1.82, 2.24) is 14.8 Å². The van der Waals surface area contributed by atoms with E-state index < -0.39 is 40.3 Å². The van der Waals surface area contributed by atoms with Crippen LogP contribution in [0.5, 0.6) is 0 Å². The number of esters is 1. The summed E-state index contributed by atoms with van der Waals surface area (Å²) in [5.74, 6) is -5.22. The lowest BCUT2D eigenvalue weighted by atomic mass is 10.2. The molecule has 0 saturated heterocycles. The number of ether oxygens (including phenoxy) is 1. The van der Waals surface area contributed by atoms with Gasteiger partial charge in [-0.05, 0) is 26.0 Å². The number of rotatable bonds is 7. The number of carbonyl (C=O) groups excluding carboxylic acids is 2. The number of halogens is 3. The molecule has 0 spiro atoms. The second kappa shape index (κ2) is 8.89. The zero-order valence-electron chi connectivity index (χ0n) is 14.8. The van der Waals surface area contributed by atoms with Gasteiger partial charge in [-0.25, -0.2) is 13.2 Å². The first kappa shape index (κ1) is 20.7. The lowest BCUT2D eigenvalue weighted by Crippen LogP contribution is -2.23. The van der Waals surface area contributed by atoms with Crippen LogP contribution in [0.25, 0.3) is 0 Å². The molecule has 0 fully saturated rings. The van der Waals surface area contributed by atoms with E-state index in [1.165, 1.54) is 11.5 Å². The van der Waals surface area contributed by atoms with Crippen LogP contribution in [0, 0.1) is 17.5 Å². The molecule has 0 aliphatic rings. The number of carbonyl (C=O) groups is 2. The van der Waals surface area contributed by atoms with Gasteiger partial charge in [0, 0.05) is 7.05 Å². The van der Waals surface area contributed by atoms with E-state index in [9.17, 15) is 22.8 Å². The van der Waals surface area contributed by atoms with Crippen LogP contribution >= 0.6 is 11.8 Å². The fourth-order valence-electron chi connectivity index (χ4n) is 2.01. The highest BCUT2D eigenvalue weighted by atomic mass is 32.2. The number of aromatic nitrogens is 3. The van der Waals surface area contributed by atoms with Crippen LogP contribution in [-0.4, -0.2) is 38.5 Å². The van der Waals surface area contributed by atoms with Crippen LogP contribution in [0.1, 0.15) is 19.7 Å². The zero-order chi connectivity index (χ0) is 20.1. The molecule has 146 valence electrons. The Balaban J connectivity index is 2.04. The van der Waals surface area contributed by atoms with Gasteiger partial charge in [0.25, 0.3) is 0 Å². The molecular weight excluding hydrogens is 385 g/mol. The molecule has 1 heterocycles. The van der Waals surface area contributed by atoms with Crippen LogP contribution in [-0.2, 0) is 27.8 Å². The predicted octanol–water partition coefficient (Wildman–Crippen LogP) is 2.46. The maximum absolute atomic E-state index is 13.7. The SMILES string of the molecule is CCOC(=O)Cc1nnc(S[C@H](C)C(=O)Nc2ccc(F)c(F)c2F)n1C. The largest absolute Gasteiger partial charge is 0.466 e. The Morgan fingerprint density at radius 1 is 1.26 bits per heavy atom. The van der Waals surface area contributed by atoms with E-state index in [1.807, 2.05) is 0 Å². The van der Waals surface area contributed by atoms with Crippen molar-refractivity contribution in [2.45, 2.75) is 30.7 Å². The van der Waals surface area contributed by atoms with Crippen molar-refractivity contribution in [3.63, 3.8) is 0 Å². The van der Waals surface area contributed by atoms with Crippen molar-refractivity contribution in [2.24, 2.45) is 7.05 Å². The van der Waals surface area contributed by atoms with Gasteiger partial charge in [-0.15, -0.1) is 10.2 Å². The van der Waals surface area contributed by atoms with E-state index in [2.05, 4.69) is 15.5 Å². The summed E-state index contributed by atoms with van der Waals surface area (Å²) >= 11 is 1.01. The van der Waals surface area contributed by atoms with Crippen LogP contribution in [0.3, 0.4) is 0 Å². The van der Waals surface area contributed by atoms with Gasteiger partial charge in [-0.2, -0.15) is 0 Å². The van der Waals surface area contributed by atoms with Crippen molar-refractivity contribution in [3.8, 4) is 0 Å². The van der Waals surface area contributed by atoms with Crippen molar-refractivity contribution in [1.29, 1.82) is 0 Å². The minimum absolute atomic E-state index is 0.0709. The third-order valence-electron chi connectivity index (χ3n) is 3.48. The van der Waals surface area contributed by atoms with Gasteiger partial charge in [0.05, 0.1) is 17.5 Å². The molecule has 1 N–H and O–H groups in total. The summed E-state index contributed by atoms with van der Waals surface area (Å²) in [5, 5.41) is 9.58. The highest BCUT2D eigenvalue weighted by Crippen LogP contribution is 2.24. The number of nitrogens with zero attached hydrogens (tertiary/aromatic N) is 3. The molecule has 1 aromatic carbocycles. The third-order valence-corrected chi connectivity index (χ3v) is 4.61. The number of amides is 1. The highest BCUT2D eigenvalue weighted by Gasteiger charge is 2.22. The van der Waals surface area contributed by atoms with Gasteiger partial charge >= 0.3 is 5.97 Å². The van der Waals surface area contributed by atoms with Gasteiger partial charge in [0.1, 0.15) is 12.2 Å². The number of hydrogen-bond acceptors (Lipinski definition) is 6. The Morgan fingerprint density at radius 2 is 1.96 bits per heavy atom. The normalized spacial score (nSPS) is 11.9. The first-order chi connectivity index (χ1) is 12.7. The monoisotopic (exact) mass is 402 g/mol. The van der Waals surface area contributed by atoms with E-state index in [1.54, 1.807) is 14.0 Å². The van der Waals surface area contributed by atoms with Gasteiger partial charge < -0.3 is 14.6 Å². The molecule has 7 nitrogen and oxygen atoms in total. The number of thioether (sulfide) groups is 1. The van der Waals surface area contributed by atoms with Crippen LogP contribution in [0.2, 0.25) is 0 Å². The highest BCUT2D eigenvalue weighted by molar-refractivity contribution is 8.00. The van der Waals surface area contributed by atoms with Crippen LogP contribution in [0.15, 0.2) is 17.3 Å². The minimum Gasteiger partial charge on any atom is -0.466 e. The smallest absolute Gasteiger partial charge is 0.313 e. The second-order valence-electron chi connectivity index (χ2n) is 5.41. The first-order valence-corrected chi connectivity index (χ1v) is 8.77. The summed E-state index contributed by atoms with van der Waals surface area (Å²) in [5.41, 5.74) is -0.465. The molecule has 1 amide bonds. The maximum atomic E-state index is 13.7. The van der Waals surface area contributed by atoms with Crippen molar-refractivity contribution < 1.29 is 27.5 Å². The molecule has 0 saturated carbocycles. The Morgan fingerprint density at radius 3 is 2.63 bits per heavy atom. The molecular formula is C16H17F3N4O3S. The molecule has 27 heavy (non-hydrogen) atoms. The Hall–Kier alpha value is -2.56. The van der Waals surface area contributed by atoms with Gasteiger partial charge in [0.2, 0.25) is 5.91 Å². The molecule has 0 unspecified atom stereocenters. The average Bonchev–Trinajstić information content (AvgIpc) is 2.95. The molecule has 11 heteroatoms. The van der Waals surface area contributed by atoms with Gasteiger partial charge in [0.15, 0.2) is 22.6 Å². The maximum Gasteiger partial charge on any atom is 0.313 e. The van der Waals surface area contributed by atoms with Gasteiger partial charge in [-0.1, -0.05) is 11.8 Å². The molecule has 1 aromatic heterocycles. The molecule has 2 rings (SSSR count). The molecule has 0 bridgehead atoms. The standard InChI is InChI=1S/C16H17F3N4O3S/c1-4-26-12(24)7-11-21-22-16(23(11)3)27-8(2)15(25)20-10-6-5-9(17)13(18)14(10)19/h5-6,8H,4,7H2,1-3H3,(H,20,25)/t8-/m1/s1. The molecule has 2 aromatic rings. The summed E-state index contributed by atoms with van der Waals surface area (Å²) in [6.07, 6.45) is -0.0709. The number of anilines is 1. The van der Waals surface area contributed by atoms with E-state index in [0.29, 0.717) is 11.0 Å². The van der Waals surface area contributed by atoms with E-state index in [0.717, 1.165) is 23.9 Å². The van der Waals surface area contributed by atoms with Crippen LogP contribution in [0.4, 0.5) is 18.9 Å². The Labute approximate surface area is 157 Å². The molecule has 0 radical (unpaired) electrons. The van der Waals surface area contributed by atoms with E-state index in [4.69, 9.17) is 4.74 Å². The molecule has 1 atom stereocenters. The van der Waals surface area contributed by atoms with Gasteiger partial charge in [-0.3, -0.25) is 9.59 Å². The quantitative estimate of drug-likeness (QED) is 0.435. The first-order valence-electron chi connectivity index (χ1n) is 7.89.